The minimum atomic E-state index is -2.49. The number of rotatable bonds is 5. The Balaban J connectivity index is 2.58. The smallest absolute Gasteiger partial charge is 0.255 e. The van der Waals surface area contributed by atoms with Gasteiger partial charge in [-0.15, -0.1) is 0 Å². The first-order valence-electron chi connectivity index (χ1n) is 5.30. The van der Waals surface area contributed by atoms with Gasteiger partial charge in [0, 0.05) is 18.5 Å². The number of alkyl halides is 3. The SMILES string of the molecule is CC1OCCC1C(=O)N(CCBr)CC(F)F. The van der Waals surface area contributed by atoms with Crippen molar-refractivity contribution in [2.45, 2.75) is 25.9 Å². The molecule has 1 heterocycles. The van der Waals surface area contributed by atoms with Gasteiger partial charge in [0.15, 0.2) is 0 Å². The molecule has 0 spiro atoms. The van der Waals surface area contributed by atoms with E-state index in [1.54, 1.807) is 0 Å². The second-order valence-corrected chi connectivity index (χ2v) is 4.63. The highest BCUT2D eigenvalue weighted by Gasteiger charge is 2.34. The van der Waals surface area contributed by atoms with Gasteiger partial charge in [0.2, 0.25) is 5.91 Å². The second-order valence-electron chi connectivity index (χ2n) is 3.84. The molecule has 2 atom stereocenters. The predicted octanol–water partition coefficient (Wildman–Crippen LogP) is 1.90. The summed E-state index contributed by atoms with van der Waals surface area (Å²) >= 11 is 3.16. The fourth-order valence-electron chi connectivity index (χ4n) is 1.85. The van der Waals surface area contributed by atoms with E-state index in [4.69, 9.17) is 4.74 Å². The van der Waals surface area contributed by atoms with Crippen LogP contribution in [0.3, 0.4) is 0 Å². The Hall–Kier alpha value is -0.230. The summed E-state index contributed by atoms with van der Waals surface area (Å²) in [6.07, 6.45) is -2.02. The molecule has 1 fully saturated rings. The molecule has 0 aliphatic carbocycles. The number of nitrogens with zero attached hydrogens (tertiary/aromatic N) is 1. The van der Waals surface area contributed by atoms with Gasteiger partial charge in [0.05, 0.1) is 18.6 Å². The summed E-state index contributed by atoms with van der Waals surface area (Å²) in [4.78, 5) is 13.2. The van der Waals surface area contributed by atoms with Gasteiger partial charge < -0.3 is 9.64 Å². The molecule has 1 amide bonds. The van der Waals surface area contributed by atoms with Crippen molar-refractivity contribution >= 4 is 21.8 Å². The molecule has 0 aromatic rings. The maximum atomic E-state index is 12.3. The van der Waals surface area contributed by atoms with Gasteiger partial charge in [-0.05, 0) is 13.3 Å². The zero-order valence-corrected chi connectivity index (χ0v) is 10.8. The number of hydrogen-bond donors (Lipinski definition) is 0. The van der Waals surface area contributed by atoms with Crippen molar-refractivity contribution in [2.75, 3.05) is 25.0 Å². The van der Waals surface area contributed by atoms with Crippen molar-refractivity contribution in [3.05, 3.63) is 0 Å². The molecule has 3 nitrogen and oxygen atoms in total. The lowest BCUT2D eigenvalue weighted by Gasteiger charge is -2.25. The molecule has 1 saturated heterocycles. The molecule has 0 N–H and O–H groups in total. The van der Waals surface area contributed by atoms with Gasteiger partial charge in [-0.2, -0.15) is 0 Å². The lowest BCUT2D eigenvalue weighted by Crippen LogP contribution is -2.42. The van der Waals surface area contributed by atoms with E-state index in [0.29, 0.717) is 24.9 Å². The molecule has 0 radical (unpaired) electrons. The van der Waals surface area contributed by atoms with Crippen LogP contribution in [-0.2, 0) is 9.53 Å². The molecule has 2 unspecified atom stereocenters. The van der Waals surface area contributed by atoms with Gasteiger partial charge in [-0.3, -0.25) is 4.79 Å². The summed E-state index contributed by atoms with van der Waals surface area (Å²) in [5.41, 5.74) is 0. The third-order valence-corrected chi connectivity index (χ3v) is 3.07. The van der Waals surface area contributed by atoms with E-state index in [1.165, 1.54) is 4.90 Å². The third kappa shape index (κ3) is 3.66. The highest BCUT2D eigenvalue weighted by atomic mass is 79.9. The van der Waals surface area contributed by atoms with Gasteiger partial charge in [-0.25, -0.2) is 8.78 Å². The van der Waals surface area contributed by atoms with E-state index >= 15 is 0 Å². The summed E-state index contributed by atoms with van der Waals surface area (Å²) in [5, 5.41) is 0.507. The monoisotopic (exact) mass is 299 g/mol. The molecule has 16 heavy (non-hydrogen) atoms. The topological polar surface area (TPSA) is 29.5 Å². The molecule has 6 heteroatoms. The number of carbonyl (C=O) groups excluding carboxylic acids is 1. The molecule has 1 aliphatic rings. The predicted molar refractivity (Wildman–Crippen MR) is 59.9 cm³/mol. The van der Waals surface area contributed by atoms with Crippen molar-refractivity contribution < 1.29 is 18.3 Å². The van der Waals surface area contributed by atoms with Crippen LogP contribution in [0.1, 0.15) is 13.3 Å². The quantitative estimate of drug-likeness (QED) is 0.726. The van der Waals surface area contributed by atoms with Crippen molar-refractivity contribution in [3.63, 3.8) is 0 Å². The summed E-state index contributed by atoms with van der Waals surface area (Å²) in [5.74, 6) is -0.484. The Morgan fingerprint density at radius 2 is 2.31 bits per heavy atom. The highest BCUT2D eigenvalue weighted by molar-refractivity contribution is 9.09. The van der Waals surface area contributed by atoms with Crippen molar-refractivity contribution in [3.8, 4) is 0 Å². The van der Waals surface area contributed by atoms with Gasteiger partial charge in [-0.1, -0.05) is 15.9 Å². The fourth-order valence-corrected chi connectivity index (χ4v) is 2.28. The largest absolute Gasteiger partial charge is 0.378 e. The van der Waals surface area contributed by atoms with Crippen LogP contribution in [0, 0.1) is 5.92 Å². The lowest BCUT2D eigenvalue weighted by molar-refractivity contribution is -0.138. The molecular weight excluding hydrogens is 284 g/mol. The Kier molecular flexibility index (Phi) is 5.61. The van der Waals surface area contributed by atoms with Crippen LogP contribution < -0.4 is 0 Å². The highest BCUT2D eigenvalue weighted by Crippen LogP contribution is 2.23. The maximum Gasteiger partial charge on any atom is 0.255 e. The average molecular weight is 300 g/mol. The van der Waals surface area contributed by atoms with Crippen molar-refractivity contribution in [1.82, 2.24) is 4.90 Å². The Morgan fingerprint density at radius 1 is 1.62 bits per heavy atom. The van der Waals surface area contributed by atoms with Crippen LogP contribution in [0.4, 0.5) is 8.78 Å². The van der Waals surface area contributed by atoms with Crippen LogP contribution in [0.15, 0.2) is 0 Å². The number of ether oxygens (including phenoxy) is 1. The first-order valence-corrected chi connectivity index (χ1v) is 6.43. The summed E-state index contributed by atoms with van der Waals surface area (Å²) in [6, 6.07) is 0. The zero-order chi connectivity index (χ0) is 12.1. The number of hydrogen-bond acceptors (Lipinski definition) is 2. The molecule has 94 valence electrons. The minimum absolute atomic E-state index is 0.164. The van der Waals surface area contributed by atoms with E-state index in [-0.39, 0.29) is 17.9 Å². The second kappa shape index (κ2) is 6.49. The first kappa shape index (κ1) is 13.8. The number of carbonyl (C=O) groups is 1. The zero-order valence-electron chi connectivity index (χ0n) is 9.17. The summed E-state index contributed by atoms with van der Waals surface area (Å²) < 4.78 is 29.9. The van der Waals surface area contributed by atoms with E-state index in [1.807, 2.05) is 6.92 Å². The lowest BCUT2D eigenvalue weighted by atomic mass is 10.0. The van der Waals surface area contributed by atoms with Crippen LogP contribution in [0.2, 0.25) is 0 Å². The number of amides is 1. The fraction of sp³-hybridized carbons (Fsp3) is 0.900. The van der Waals surface area contributed by atoms with E-state index in [2.05, 4.69) is 15.9 Å². The number of halogens is 3. The molecule has 0 aromatic heterocycles. The normalized spacial score (nSPS) is 25.1. The molecule has 0 saturated carbocycles. The van der Waals surface area contributed by atoms with Gasteiger partial charge in [0.1, 0.15) is 0 Å². The third-order valence-electron chi connectivity index (χ3n) is 2.72. The molecule has 0 aromatic carbocycles. The molecule has 0 bridgehead atoms. The Morgan fingerprint density at radius 3 is 2.75 bits per heavy atom. The Labute approximate surface area is 102 Å². The van der Waals surface area contributed by atoms with E-state index in [9.17, 15) is 13.6 Å². The summed E-state index contributed by atoms with van der Waals surface area (Å²) in [6.45, 7) is 2.17. The van der Waals surface area contributed by atoms with Crippen LogP contribution in [0.5, 0.6) is 0 Å². The van der Waals surface area contributed by atoms with Crippen LogP contribution in [0.25, 0.3) is 0 Å². The van der Waals surface area contributed by atoms with Crippen molar-refractivity contribution in [1.29, 1.82) is 0 Å². The standard InChI is InChI=1S/C10H16BrF2NO2/c1-7-8(2-5-16-7)10(15)14(4-3-11)6-9(12)13/h7-9H,2-6H2,1H3. The average Bonchev–Trinajstić information content (AvgIpc) is 2.62. The van der Waals surface area contributed by atoms with Gasteiger partial charge in [0.25, 0.3) is 6.43 Å². The van der Waals surface area contributed by atoms with Crippen LogP contribution >= 0.6 is 15.9 Å². The first-order chi connectivity index (χ1) is 7.56. The van der Waals surface area contributed by atoms with E-state index in [0.717, 1.165) is 0 Å². The van der Waals surface area contributed by atoms with Crippen LogP contribution in [-0.4, -0.2) is 48.4 Å². The molecule has 1 aliphatic heterocycles. The molecular formula is C10H16BrF2NO2. The minimum Gasteiger partial charge on any atom is -0.378 e. The van der Waals surface area contributed by atoms with E-state index < -0.39 is 13.0 Å². The van der Waals surface area contributed by atoms with Gasteiger partial charge >= 0.3 is 0 Å². The molecule has 1 rings (SSSR count). The van der Waals surface area contributed by atoms with Crippen molar-refractivity contribution in [2.24, 2.45) is 5.92 Å². The Bertz CT molecular complexity index is 241. The summed E-state index contributed by atoms with van der Waals surface area (Å²) in [7, 11) is 0. The maximum absolute atomic E-state index is 12.3.